The van der Waals surface area contributed by atoms with Gasteiger partial charge in [0.15, 0.2) is 5.69 Å². The molecule has 0 fully saturated rings. The number of rotatable bonds is 2. The lowest BCUT2D eigenvalue weighted by atomic mass is 10.2. The molecule has 0 bridgehead atoms. The minimum absolute atomic E-state index is 0.194. The van der Waals surface area contributed by atoms with Crippen LogP contribution in [0.3, 0.4) is 0 Å². The quantitative estimate of drug-likeness (QED) is 0.794. The number of aromatic nitrogens is 2. The smallest absolute Gasteiger partial charge is 0.383 e. The summed E-state index contributed by atoms with van der Waals surface area (Å²) in [7, 11) is -2.07. The highest BCUT2D eigenvalue weighted by Crippen LogP contribution is 2.38. The number of alkyl halides is 3. The van der Waals surface area contributed by atoms with E-state index in [-0.39, 0.29) is 22.1 Å². The zero-order valence-electron chi connectivity index (χ0n) is 11.4. The Morgan fingerprint density at radius 3 is 2.29 bits per heavy atom. The number of terminal acetylenes is 1. The molecular formula is C13H5Cl2F3N4OS. The molecule has 0 saturated heterocycles. The summed E-state index contributed by atoms with van der Waals surface area (Å²) in [6.45, 7) is 0. The van der Waals surface area contributed by atoms with Crippen molar-refractivity contribution in [1.82, 2.24) is 9.78 Å². The van der Waals surface area contributed by atoms with Crippen LogP contribution in [0, 0.1) is 23.0 Å². The number of benzene rings is 1. The first kappa shape index (κ1) is 18.1. The fourth-order valence-corrected chi connectivity index (χ4v) is 3.14. The number of halogens is 5. The Bertz CT molecular complexity index is 917. The molecule has 5 nitrogen and oxygen atoms in total. The molecule has 24 heavy (non-hydrogen) atoms. The van der Waals surface area contributed by atoms with Gasteiger partial charge in [0.1, 0.15) is 33.3 Å². The summed E-state index contributed by atoms with van der Waals surface area (Å²) in [5.74, 6) is -0.314. The molecule has 2 rings (SSSR count). The summed E-state index contributed by atoms with van der Waals surface area (Å²) in [5, 5.41) is 13.9. The molecule has 0 aliphatic heterocycles. The maximum atomic E-state index is 12.8. The number of nitrogens with zero attached hydrogens (tertiary/aromatic N) is 3. The van der Waals surface area contributed by atoms with Crippen LogP contribution in [0.5, 0.6) is 0 Å². The summed E-state index contributed by atoms with van der Waals surface area (Å²) >= 11 is 11.7. The second-order valence-corrected chi connectivity index (χ2v) is 6.26. The van der Waals surface area contributed by atoms with Crippen LogP contribution in [0.25, 0.3) is 5.69 Å². The van der Waals surface area contributed by atoms with Crippen LogP contribution in [-0.2, 0) is 17.0 Å². The Balaban J connectivity index is 2.76. The first-order valence-electron chi connectivity index (χ1n) is 5.85. The lowest BCUT2D eigenvalue weighted by molar-refractivity contribution is -0.137. The van der Waals surface area contributed by atoms with Crippen molar-refractivity contribution < 1.29 is 17.4 Å². The van der Waals surface area contributed by atoms with Crippen molar-refractivity contribution in [1.29, 1.82) is 5.26 Å². The molecule has 1 heterocycles. The molecule has 1 aromatic carbocycles. The van der Waals surface area contributed by atoms with Gasteiger partial charge in [-0.3, -0.25) is 0 Å². The summed E-state index contributed by atoms with van der Waals surface area (Å²) in [6.07, 6.45) is 0.385. The molecule has 0 amide bonds. The Morgan fingerprint density at radius 1 is 1.33 bits per heavy atom. The molecule has 2 N–H and O–H groups in total. The van der Waals surface area contributed by atoms with E-state index in [9.17, 15) is 17.4 Å². The van der Waals surface area contributed by atoms with Gasteiger partial charge in [-0.1, -0.05) is 23.2 Å². The van der Waals surface area contributed by atoms with Gasteiger partial charge in [0.05, 0.1) is 15.6 Å². The van der Waals surface area contributed by atoms with Crippen LogP contribution in [-0.4, -0.2) is 14.0 Å². The Morgan fingerprint density at radius 2 is 1.88 bits per heavy atom. The van der Waals surface area contributed by atoms with E-state index in [2.05, 4.69) is 5.10 Å². The van der Waals surface area contributed by atoms with Crippen LogP contribution >= 0.6 is 23.2 Å². The maximum absolute atomic E-state index is 12.8. The third-order valence-corrected chi connectivity index (χ3v) is 4.39. The molecule has 0 aliphatic carbocycles. The van der Waals surface area contributed by atoms with E-state index in [1.807, 2.05) is 5.25 Å². The van der Waals surface area contributed by atoms with Crippen molar-refractivity contribution in [2.45, 2.75) is 11.1 Å². The van der Waals surface area contributed by atoms with Crippen LogP contribution in [0.4, 0.5) is 19.0 Å². The lowest BCUT2D eigenvalue weighted by Crippen LogP contribution is -2.09. The van der Waals surface area contributed by atoms with Crippen molar-refractivity contribution in [3.63, 3.8) is 0 Å². The molecule has 1 aromatic heterocycles. The van der Waals surface area contributed by atoms with Crippen molar-refractivity contribution in [3.05, 3.63) is 33.4 Å². The Kier molecular flexibility index (Phi) is 4.81. The fraction of sp³-hybridized carbons (Fsp3) is 0.0769. The van der Waals surface area contributed by atoms with E-state index in [0.29, 0.717) is 12.1 Å². The summed E-state index contributed by atoms with van der Waals surface area (Å²) in [4.78, 5) is -0.243. The van der Waals surface area contributed by atoms with E-state index < -0.39 is 32.6 Å². The standard InChI is InChI=1S/C13H5Cl2F3N4OS/c1-2-24(23)11-9(5-19)21-22(12(11)20)10-7(14)3-6(4-8(10)15)13(16,17)18/h1,3-4H,20H2. The van der Waals surface area contributed by atoms with E-state index in [0.717, 1.165) is 4.68 Å². The molecule has 0 saturated carbocycles. The number of nitrogens with two attached hydrogens (primary N) is 1. The molecule has 1 atom stereocenters. The molecule has 11 heteroatoms. The largest absolute Gasteiger partial charge is 0.416 e. The van der Waals surface area contributed by atoms with E-state index in [1.54, 1.807) is 6.07 Å². The topological polar surface area (TPSA) is 84.7 Å². The SMILES string of the molecule is C#CS(=O)c1c(C#N)nn(-c2c(Cl)cc(C(F)(F)F)cc2Cl)c1N. The van der Waals surface area contributed by atoms with Gasteiger partial charge in [0.2, 0.25) is 0 Å². The molecule has 0 spiro atoms. The monoisotopic (exact) mass is 392 g/mol. The predicted octanol–water partition coefficient (Wildman–Crippen LogP) is 3.35. The maximum Gasteiger partial charge on any atom is 0.416 e. The first-order valence-corrected chi connectivity index (χ1v) is 7.75. The second-order valence-electron chi connectivity index (χ2n) is 4.26. The van der Waals surface area contributed by atoms with Crippen molar-refractivity contribution in [2.75, 3.05) is 5.73 Å². The fourth-order valence-electron chi connectivity index (χ4n) is 1.83. The Hall–Kier alpha value is -2.20. The van der Waals surface area contributed by atoms with Gasteiger partial charge in [-0.05, 0) is 12.1 Å². The van der Waals surface area contributed by atoms with Gasteiger partial charge in [-0.2, -0.15) is 23.5 Å². The van der Waals surface area contributed by atoms with Crippen LogP contribution in [0.2, 0.25) is 10.0 Å². The second kappa shape index (κ2) is 6.36. The predicted molar refractivity (Wildman–Crippen MR) is 83.0 cm³/mol. The number of hydrogen-bond acceptors (Lipinski definition) is 4. The number of hydrogen-bond donors (Lipinski definition) is 1. The van der Waals surface area contributed by atoms with Gasteiger partial charge in [-0.15, -0.1) is 6.42 Å². The minimum Gasteiger partial charge on any atom is -0.383 e. The number of anilines is 1. The van der Waals surface area contributed by atoms with Crippen LogP contribution in [0.15, 0.2) is 17.0 Å². The van der Waals surface area contributed by atoms with Gasteiger partial charge in [0, 0.05) is 5.25 Å². The van der Waals surface area contributed by atoms with Gasteiger partial charge in [-0.25, -0.2) is 8.89 Å². The molecule has 124 valence electrons. The average Bonchev–Trinajstić information content (AvgIpc) is 2.81. The highest BCUT2D eigenvalue weighted by Gasteiger charge is 2.33. The molecule has 2 aromatic rings. The average molecular weight is 393 g/mol. The minimum atomic E-state index is -4.66. The summed E-state index contributed by atoms with van der Waals surface area (Å²) < 4.78 is 50.9. The van der Waals surface area contributed by atoms with E-state index in [1.165, 1.54) is 0 Å². The molecule has 0 aliphatic rings. The van der Waals surface area contributed by atoms with E-state index >= 15 is 0 Å². The van der Waals surface area contributed by atoms with Gasteiger partial charge >= 0.3 is 6.18 Å². The highest BCUT2D eigenvalue weighted by atomic mass is 35.5. The number of nitrogen functional groups attached to an aromatic ring is 1. The van der Waals surface area contributed by atoms with Crippen molar-refractivity contribution in [2.24, 2.45) is 0 Å². The third kappa shape index (κ3) is 3.06. The summed E-state index contributed by atoms with van der Waals surface area (Å²) in [6, 6.07) is 2.92. The van der Waals surface area contributed by atoms with E-state index in [4.69, 9.17) is 40.6 Å². The van der Waals surface area contributed by atoms with Gasteiger partial charge < -0.3 is 5.73 Å². The zero-order chi connectivity index (χ0) is 18.2. The Labute approximate surface area is 146 Å². The van der Waals surface area contributed by atoms with Crippen molar-refractivity contribution >= 4 is 39.8 Å². The van der Waals surface area contributed by atoms with Gasteiger partial charge in [0.25, 0.3) is 0 Å². The number of nitriles is 1. The van der Waals surface area contributed by atoms with Crippen LogP contribution < -0.4 is 5.73 Å². The first-order chi connectivity index (χ1) is 11.1. The zero-order valence-corrected chi connectivity index (χ0v) is 13.7. The highest BCUT2D eigenvalue weighted by molar-refractivity contribution is 7.90. The van der Waals surface area contributed by atoms with Crippen molar-refractivity contribution in [3.8, 4) is 23.4 Å². The molecule has 0 radical (unpaired) electrons. The summed E-state index contributed by atoms with van der Waals surface area (Å²) in [5.41, 5.74) is 4.16. The molecular weight excluding hydrogens is 388 g/mol. The normalized spacial score (nSPS) is 12.5. The third-order valence-electron chi connectivity index (χ3n) is 2.83. The lowest BCUT2D eigenvalue weighted by Gasteiger charge is -2.13. The van der Waals surface area contributed by atoms with Crippen LogP contribution in [0.1, 0.15) is 11.3 Å². The molecule has 1 unspecified atom stereocenters.